The van der Waals surface area contributed by atoms with Gasteiger partial charge in [0.05, 0.1) is 12.2 Å². The van der Waals surface area contributed by atoms with Gasteiger partial charge in [0.1, 0.15) is 5.82 Å². The molecule has 2 aromatic heterocycles. The predicted octanol–water partition coefficient (Wildman–Crippen LogP) is 3.96. The van der Waals surface area contributed by atoms with Crippen LogP contribution in [0.5, 0.6) is 0 Å². The van der Waals surface area contributed by atoms with Gasteiger partial charge < -0.3 is 10.2 Å². The van der Waals surface area contributed by atoms with Crippen molar-refractivity contribution < 1.29 is 4.79 Å². The van der Waals surface area contributed by atoms with Crippen LogP contribution in [-0.4, -0.2) is 44.6 Å². The number of nitrogens with zero attached hydrogens (tertiary/aromatic N) is 4. The van der Waals surface area contributed by atoms with E-state index in [1.54, 1.807) is 18.1 Å². The third-order valence-electron chi connectivity index (χ3n) is 5.10. The van der Waals surface area contributed by atoms with Gasteiger partial charge in [-0.15, -0.1) is 0 Å². The number of aromatic nitrogens is 4. The SMILES string of the molecule is Cc1nc(C(=O)N(C)C(C)c2ccccc2Cl)nc(NCCc2cn[nH]c2)c1C. The Labute approximate surface area is 175 Å². The number of aromatic amines is 1. The van der Waals surface area contributed by atoms with Gasteiger partial charge in [-0.3, -0.25) is 9.89 Å². The average Bonchev–Trinajstić information content (AvgIpc) is 3.23. The van der Waals surface area contributed by atoms with Gasteiger partial charge in [-0.25, -0.2) is 9.97 Å². The van der Waals surface area contributed by atoms with E-state index >= 15 is 0 Å². The van der Waals surface area contributed by atoms with Crippen LogP contribution in [0.3, 0.4) is 0 Å². The van der Waals surface area contributed by atoms with Crippen molar-refractivity contribution in [3.8, 4) is 0 Å². The van der Waals surface area contributed by atoms with Crippen molar-refractivity contribution in [3.05, 3.63) is 69.9 Å². The highest BCUT2D eigenvalue weighted by atomic mass is 35.5. The summed E-state index contributed by atoms with van der Waals surface area (Å²) in [5, 5.41) is 10.7. The van der Waals surface area contributed by atoms with E-state index in [9.17, 15) is 4.79 Å². The molecule has 0 fully saturated rings. The molecule has 3 rings (SSSR count). The number of amides is 1. The third-order valence-corrected chi connectivity index (χ3v) is 5.44. The van der Waals surface area contributed by atoms with Gasteiger partial charge in [0.25, 0.3) is 5.91 Å². The fourth-order valence-corrected chi connectivity index (χ4v) is 3.29. The Morgan fingerprint density at radius 1 is 1.28 bits per heavy atom. The van der Waals surface area contributed by atoms with Crippen molar-refractivity contribution in [3.63, 3.8) is 0 Å². The predicted molar refractivity (Wildman–Crippen MR) is 114 cm³/mol. The molecule has 152 valence electrons. The highest BCUT2D eigenvalue weighted by molar-refractivity contribution is 6.31. The van der Waals surface area contributed by atoms with Crippen molar-refractivity contribution >= 4 is 23.3 Å². The Morgan fingerprint density at radius 3 is 2.72 bits per heavy atom. The minimum Gasteiger partial charge on any atom is -0.369 e. The normalized spacial score (nSPS) is 11.9. The topological polar surface area (TPSA) is 86.8 Å². The van der Waals surface area contributed by atoms with E-state index in [1.165, 1.54) is 0 Å². The molecule has 7 nitrogen and oxygen atoms in total. The van der Waals surface area contributed by atoms with Crippen LogP contribution in [0, 0.1) is 13.8 Å². The first kappa shape index (κ1) is 20.8. The fraction of sp³-hybridized carbons (Fsp3) is 0.333. The number of H-pyrrole nitrogens is 1. The van der Waals surface area contributed by atoms with Gasteiger partial charge in [0.15, 0.2) is 0 Å². The lowest BCUT2D eigenvalue weighted by atomic mass is 10.1. The smallest absolute Gasteiger partial charge is 0.291 e. The molecule has 29 heavy (non-hydrogen) atoms. The zero-order chi connectivity index (χ0) is 21.0. The van der Waals surface area contributed by atoms with E-state index in [-0.39, 0.29) is 17.8 Å². The number of carbonyl (C=O) groups excluding carboxylic acids is 1. The van der Waals surface area contributed by atoms with Gasteiger partial charge >= 0.3 is 0 Å². The maximum absolute atomic E-state index is 13.1. The summed E-state index contributed by atoms with van der Waals surface area (Å²) in [7, 11) is 1.74. The molecule has 0 aliphatic rings. The molecule has 8 heteroatoms. The van der Waals surface area contributed by atoms with E-state index in [2.05, 4.69) is 25.5 Å². The van der Waals surface area contributed by atoms with Crippen LogP contribution in [0.4, 0.5) is 5.82 Å². The Balaban J connectivity index is 1.77. The number of halogens is 1. The average molecular weight is 413 g/mol. The van der Waals surface area contributed by atoms with E-state index < -0.39 is 0 Å². The van der Waals surface area contributed by atoms with Crippen LogP contribution < -0.4 is 5.32 Å². The third kappa shape index (κ3) is 4.74. The molecule has 0 aliphatic carbocycles. The maximum atomic E-state index is 13.1. The summed E-state index contributed by atoms with van der Waals surface area (Å²) in [5.41, 5.74) is 3.68. The summed E-state index contributed by atoms with van der Waals surface area (Å²) in [6, 6.07) is 7.30. The standard InChI is InChI=1S/C21H25ClN6O/c1-13-14(2)26-20(27-19(13)23-10-9-16-11-24-25-12-16)21(29)28(4)15(3)17-7-5-6-8-18(17)22/h5-8,11-12,15H,9-10H2,1-4H3,(H,24,25)(H,23,26,27). The van der Waals surface area contributed by atoms with Crippen molar-refractivity contribution in [1.82, 2.24) is 25.1 Å². The molecular weight excluding hydrogens is 388 g/mol. The van der Waals surface area contributed by atoms with Crippen LogP contribution in [0.25, 0.3) is 0 Å². The van der Waals surface area contributed by atoms with Crippen molar-refractivity contribution in [2.24, 2.45) is 0 Å². The summed E-state index contributed by atoms with van der Waals surface area (Å²) >= 11 is 6.30. The number of rotatable bonds is 7. The van der Waals surface area contributed by atoms with Crippen LogP contribution >= 0.6 is 11.6 Å². The van der Waals surface area contributed by atoms with Gasteiger partial charge in [-0.1, -0.05) is 29.8 Å². The Kier molecular flexibility index (Phi) is 6.49. The first-order chi connectivity index (χ1) is 13.9. The second kappa shape index (κ2) is 9.05. The van der Waals surface area contributed by atoms with Gasteiger partial charge in [-0.05, 0) is 44.4 Å². The molecule has 1 aromatic carbocycles. The number of aryl methyl sites for hydroxylation is 1. The lowest BCUT2D eigenvalue weighted by Crippen LogP contribution is -2.31. The van der Waals surface area contributed by atoms with Gasteiger partial charge in [0, 0.05) is 36.1 Å². The van der Waals surface area contributed by atoms with E-state index in [1.807, 2.05) is 51.2 Å². The van der Waals surface area contributed by atoms with Crippen LogP contribution in [0.2, 0.25) is 5.02 Å². The van der Waals surface area contributed by atoms with Crippen molar-refractivity contribution in [2.45, 2.75) is 33.2 Å². The van der Waals surface area contributed by atoms with E-state index in [0.717, 1.165) is 28.8 Å². The fourth-order valence-electron chi connectivity index (χ4n) is 2.99. The number of carbonyl (C=O) groups is 1. The molecule has 2 heterocycles. The first-order valence-corrected chi connectivity index (χ1v) is 9.84. The van der Waals surface area contributed by atoms with E-state index in [0.29, 0.717) is 17.4 Å². The van der Waals surface area contributed by atoms with Crippen LogP contribution in [-0.2, 0) is 6.42 Å². The van der Waals surface area contributed by atoms with Crippen molar-refractivity contribution in [2.75, 3.05) is 18.9 Å². The van der Waals surface area contributed by atoms with Gasteiger partial charge in [-0.2, -0.15) is 5.10 Å². The molecular formula is C21H25ClN6O. The summed E-state index contributed by atoms with van der Waals surface area (Å²) in [6.45, 7) is 6.44. The lowest BCUT2D eigenvalue weighted by Gasteiger charge is -2.25. The molecule has 2 N–H and O–H groups in total. The number of hydrogen-bond acceptors (Lipinski definition) is 5. The first-order valence-electron chi connectivity index (χ1n) is 9.46. The molecule has 1 atom stereocenters. The maximum Gasteiger partial charge on any atom is 0.291 e. The largest absolute Gasteiger partial charge is 0.369 e. The van der Waals surface area contributed by atoms with E-state index in [4.69, 9.17) is 11.6 Å². The Bertz CT molecular complexity index is 989. The molecule has 0 spiro atoms. The molecule has 0 bridgehead atoms. The van der Waals surface area contributed by atoms with Crippen LogP contribution in [0.15, 0.2) is 36.7 Å². The molecule has 3 aromatic rings. The Morgan fingerprint density at radius 2 is 2.03 bits per heavy atom. The summed E-state index contributed by atoms with van der Waals surface area (Å²) < 4.78 is 0. The summed E-state index contributed by atoms with van der Waals surface area (Å²) in [4.78, 5) is 23.6. The highest BCUT2D eigenvalue weighted by Gasteiger charge is 2.24. The highest BCUT2D eigenvalue weighted by Crippen LogP contribution is 2.27. The molecule has 0 aliphatic heterocycles. The number of benzene rings is 1. The summed E-state index contributed by atoms with van der Waals surface area (Å²) in [6.07, 6.45) is 4.45. The zero-order valence-electron chi connectivity index (χ0n) is 17.0. The number of nitrogens with one attached hydrogen (secondary N) is 2. The number of anilines is 1. The molecule has 0 saturated heterocycles. The lowest BCUT2D eigenvalue weighted by molar-refractivity contribution is 0.0730. The number of hydrogen-bond donors (Lipinski definition) is 2. The minimum absolute atomic E-state index is 0.167. The summed E-state index contributed by atoms with van der Waals surface area (Å²) in [5.74, 6) is 0.585. The monoisotopic (exact) mass is 412 g/mol. The second-order valence-corrected chi connectivity index (χ2v) is 7.41. The Hall–Kier alpha value is -2.93. The van der Waals surface area contributed by atoms with Gasteiger partial charge in [0.2, 0.25) is 5.82 Å². The van der Waals surface area contributed by atoms with Crippen LogP contribution in [0.1, 0.15) is 46.0 Å². The minimum atomic E-state index is -0.251. The molecule has 0 radical (unpaired) electrons. The zero-order valence-corrected chi connectivity index (χ0v) is 17.8. The van der Waals surface area contributed by atoms with Crippen molar-refractivity contribution in [1.29, 1.82) is 0 Å². The quantitative estimate of drug-likeness (QED) is 0.613. The molecule has 1 unspecified atom stereocenters. The molecule has 0 saturated carbocycles. The molecule has 1 amide bonds. The second-order valence-electron chi connectivity index (χ2n) is 7.00.